The van der Waals surface area contributed by atoms with Crippen molar-refractivity contribution in [3.05, 3.63) is 33.9 Å². The summed E-state index contributed by atoms with van der Waals surface area (Å²) in [6.45, 7) is 0. The SMILES string of the molecule is OC(c1cc(I)cc2cncn12)C1CCCCC1. The number of fused-ring (bicyclic) bond motifs is 1. The number of halogens is 1. The van der Waals surface area contributed by atoms with Gasteiger partial charge >= 0.3 is 0 Å². The van der Waals surface area contributed by atoms with Crippen molar-refractivity contribution in [1.29, 1.82) is 0 Å². The molecule has 1 unspecified atom stereocenters. The molecule has 1 atom stereocenters. The molecule has 1 fully saturated rings. The van der Waals surface area contributed by atoms with Crippen molar-refractivity contribution in [2.75, 3.05) is 0 Å². The number of hydrogen-bond donors (Lipinski definition) is 1. The molecular formula is C14H17IN2O. The summed E-state index contributed by atoms with van der Waals surface area (Å²) in [7, 11) is 0. The van der Waals surface area contributed by atoms with Gasteiger partial charge in [-0.15, -0.1) is 0 Å². The van der Waals surface area contributed by atoms with Crippen LogP contribution in [0.1, 0.15) is 43.9 Å². The third kappa shape index (κ3) is 2.28. The largest absolute Gasteiger partial charge is 0.387 e. The van der Waals surface area contributed by atoms with Crippen molar-refractivity contribution >= 4 is 28.1 Å². The predicted molar refractivity (Wildman–Crippen MR) is 79.4 cm³/mol. The molecule has 4 heteroatoms. The van der Waals surface area contributed by atoms with Gasteiger partial charge < -0.3 is 9.51 Å². The van der Waals surface area contributed by atoms with Gasteiger partial charge in [-0.3, -0.25) is 0 Å². The molecule has 1 saturated carbocycles. The number of pyridine rings is 1. The normalized spacial score (nSPS) is 19.2. The molecule has 3 nitrogen and oxygen atoms in total. The van der Waals surface area contributed by atoms with Gasteiger partial charge in [-0.25, -0.2) is 4.98 Å². The number of rotatable bonds is 2. The van der Waals surface area contributed by atoms with Gasteiger partial charge in [0.05, 0.1) is 29.8 Å². The maximum Gasteiger partial charge on any atom is 0.0995 e. The second-order valence-corrected chi connectivity index (χ2v) is 6.38. The zero-order valence-electron chi connectivity index (χ0n) is 10.2. The standard InChI is InChI=1S/C14H17IN2O/c15-11-6-12-8-16-9-17(12)13(7-11)14(18)10-4-2-1-3-5-10/h6-10,14,18H,1-5H2. The fourth-order valence-electron chi connectivity index (χ4n) is 2.94. The Balaban J connectivity index is 1.99. The van der Waals surface area contributed by atoms with Crippen LogP contribution >= 0.6 is 22.6 Å². The Kier molecular flexibility index (Phi) is 3.56. The first kappa shape index (κ1) is 12.4. The maximum absolute atomic E-state index is 10.6. The van der Waals surface area contributed by atoms with Crippen molar-refractivity contribution in [3.8, 4) is 0 Å². The Morgan fingerprint density at radius 1 is 1.28 bits per heavy atom. The van der Waals surface area contributed by atoms with Crippen LogP contribution in [-0.4, -0.2) is 14.5 Å². The van der Waals surface area contributed by atoms with Gasteiger partial charge in [-0.2, -0.15) is 0 Å². The van der Waals surface area contributed by atoms with Crippen LogP contribution in [0.25, 0.3) is 5.52 Å². The average Bonchev–Trinajstić information content (AvgIpc) is 2.86. The van der Waals surface area contributed by atoms with Gasteiger partial charge in [0.15, 0.2) is 0 Å². The molecule has 2 aromatic heterocycles. The van der Waals surface area contributed by atoms with Gasteiger partial charge in [-0.1, -0.05) is 19.3 Å². The summed E-state index contributed by atoms with van der Waals surface area (Å²) in [4.78, 5) is 4.18. The molecule has 0 amide bonds. The number of aliphatic hydroxyl groups excluding tert-OH is 1. The van der Waals surface area contributed by atoms with E-state index in [9.17, 15) is 5.11 Å². The van der Waals surface area contributed by atoms with Gasteiger partial charge in [-0.05, 0) is 53.5 Å². The van der Waals surface area contributed by atoms with E-state index in [1.54, 1.807) is 6.33 Å². The maximum atomic E-state index is 10.6. The molecule has 1 aliphatic carbocycles. The number of hydrogen-bond acceptors (Lipinski definition) is 2. The lowest BCUT2D eigenvalue weighted by molar-refractivity contribution is 0.0801. The number of aromatic nitrogens is 2. The van der Waals surface area contributed by atoms with Crippen molar-refractivity contribution in [2.45, 2.75) is 38.2 Å². The van der Waals surface area contributed by atoms with Crippen LogP contribution < -0.4 is 0 Å². The first-order valence-corrected chi connectivity index (χ1v) is 7.63. The molecule has 2 aromatic rings. The Morgan fingerprint density at radius 3 is 2.83 bits per heavy atom. The van der Waals surface area contributed by atoms with Crippen LogP contribution in [0, 0.1) is 9.49 Å². The summed E-state index contributed by atoms with van der Waals surface area (Å²) in [5.41, 5.74) is 2.05. The molecule has 0 saturated heterocycles. The molecule has 0 radical (unpaired) electrons. The Morgan fingerprint density at radius 2 is 2.06 bits per heavy atom. The first-order valence-electron chi connectivity index (χ1n) is 6.55. The van der Waals surface area contributed by atoms with Crippen LogP contribution in [-0.2, 0) is 0 Å². The molecule has 3 rings (SSSR count). The fraction of sp³-hybridized carbons (Fsp3) is 0.500. The highest BCUT2D eigenvalue weighted by Gasteiger charge is 2.25. The van der Waals surface area contributed by atoms with Crippen molar-refractivity contribution < 1.29 is 5.11 Å². The van der Waals surface area contributed by atoms with Crippen molar-refractivity contribution in [2.24, 2.45) is 5.92 Å². The quantitative estimate of drug-likeness (QED) is 0.836. The number of nitrogens with zero attached hydrogens (tertiary/aromatic N) is 2. The smallest absolute Gasteiger partial charge is 0.0995 e. The van der Waals surface area contributed by atoms with E-state index >= 15 is 0 Å². The molecule has 0 bridgehead atoms. The second kappa shape index (κ2) is 5.17. The summed E-state index contributed by atoms with van der Waals surface area (Å²) in [5.74, 6) is 0.405. The summed E-state index contributed by atoms with van der Waals surface area (Å²) in [6, 6.07) is 4.17. The van der Waals surface area contributed by atoms with E-state index in [4.69, 9.17) is 0 Å². The topological polar surface area (TPSA) is 37.5 Å². The van der Waals surface area contributed by atoms with E-state index in [1.807, 2.05) is 10.6 Å². The molecular weight excluding hydrogens is 339 g/mol. The van der Waals surface area contributed by atoms with Gasteiger partial charge in [0.25, 0.3) is 0 Å². The van der Waals surface area contributed by atoms with Gasteiger partial charge in [0.2, 0.25) is 0 Å². The highest BCUT2D eigenvalue weighted by Crippen LogP contribution is 2.34. The second-order valence-electron chi connectivity index (χ2n) is 5.13. The van der Waals surface area contributed by atoms with Crippen LogP contribution in [0.5, 0.6) is 0 Å². The third-order valence-corrected chi connectivity index (χ3v) is 4.54. The van der Waals surface area contributed by atoms with E-state index in [1.165, 1.54) is 19.3 Å². The average molecular weight is 356 g/mol. The van der Waals surface area contributed by atoms with Crippen LogP contribution in [0.15, 0.2) is 24.7 Å². The zero-order valence-corrected chi connectivity index (χ0v) is 12.4. The first-order chi connectivity index (χ1) is 8.75. The van der Waals surface area contributed by atoms with Crippen LogP contribution in [0.3, 0.4) is 0 Å². The minimum atomic E-state index is -0.364. The summed E-state index contributed by atoms with van der Waals surface area (Å²) < 4.78 is 3.17. The highest BCUT2D eigenvalue weighted by molar-refractivity contribution is 14.1. The van der Waals surface area contributed by atoms with E-state index in [0.717, 1.165) is 27.6 Å². The van der Waals surface area contributed by atoms with E-state index < -0.39 is 0 Å². The molecule has 0 spiro atoms. The monoisotopic (exact) mass is 356 g/mol. The van der Waals surface area contributed by atoms with Gasteiger partial charge in [0.1, 0.15) is 0 Å². The van der Waals surface area contributed by atoms with E-state index in [2.05, 4.69) is 39.7 Å². The zero-order chi connectivity index (χ0) is 12.5. The molecule has 1 aliphatic rings. The molecule has 18 heavy (non-hydrogen) atoms. The lowest BCUT2D eigenvalue weighted by atomic mass is 9.84. The van der Waals surface area contributed by atoms with E-state index in [0.29, 0.717) is 5.92 Å². The minimum Gasteiger partial charge on any atom is -0.387 e. The lowest BCUT2D eigenvalue weighted by Gasteiger charge is -2.27. The lowest BCUT2D eigenvalue weighted by Crippen LogP contribution is -2.18. The molecule has 96 valence electrons. The van der Waals surface area contributed by atoms with E-state index in [-0.39, 0.29) is 6.10 Å². The summed E-state index contributed by atoms with van der Waals surface area (Å²) in [5, 5.41) is 10.6. The minimum absolute atomic E-state index is 0.364. The Bertz CT molecular complexity index is 546. The van der Waals surface area contributed by atoms with Crippen LogP contribution in [0.2, 0.25) is 0 Å². The Labute approximate surface area is 120 Å². The number of imidazole rings is 1. The molecule has 2 heterocycles. The number of aliphatic hydroxyl groups is 1. The summed E-state index contributed by atoms with van der Waals surface area (Å²) >= 11 is 2.30. The van der Waals surface area contributed by atoms with Gasteiger partial charge in [0, 0.05) is 3.57 Å². The molecule has 1 N–H and O–H groups in total. The predicted octanol–water partition coefficient (Wildman–Crippen LogP) is 3.55. The van der Waals surface area contributed by atoms with Crippen molar-refractivity contribution in [1.82, 2.24) is 9.38 Å². The van der Waals surface area contributed by atoms with Crippen molar-refractivity contribution in [3.63, 3.8) is 0 Å². The highest BCUT2D eigenvalue weighted by atomic mass is 127. The fourth-order valence-corrected chi connectivity index (χ4v) is 3.58. The summed E-state index contributed by atoms with van der Waals surface area (Å²) in [6.07, 6.45) is 9.38. The third-order valence-electron chi connectivity index (χ3n) is 3.92. The molecule has 0 aromatic carbocycles. The molecule has 0 aliphatic heterocycles. The van der Waals surface area contributed by atoms with Crippen LogP contribution in [0.4, 0.5) is 0 Å². The Hall–Kier alpha value is -0.620.